The summed E-state index contributed by atoms with van der Waals surface area (Å²) in [6, 6.07) is 13.7. The Balaban J connectivity index is 0.00000272. The van der Waals surface area contributed by atoms with E-state index in [2.05, 4.69) is 27.3 Å². The summed E-state index contributed by atoms with van der Waals surface area (Å²) in [6.45, 7) is 5.33. The van der Waals surface area contributed by atoms with Gasteiger partial charge in [0.2, 0.25) is 0 Å². The van der Waals surface area contributed by atoms with Crippen molar-refractivity contribution in [2.45, 2.75) is 6.92 Å². The molecule has 2 aromatic carbocycles. The summed E-state index contributed by atoms with van der Waals surface area (Å²) >= 11 is 0. The molecule has 31 heavy (non-hydrogen) atoms. The average Bonchev–Trinajstić information content (AvgIpc) is 2.80. The van der Waals surface area contributed by atoms with Crippen molar-refractivity contribution in [2.24, 2.45) is 0 Å². The van der Waals surface area contributed by atoms with Crippen molar-refractivity contribution >= 4 is 46.3 Å². The molecule has 0 amide bonds. The van der Waals surface area contributed by atoms with E-state index in [-0.39, 0.29) is 12.4 Å². The van der Waals surface area contributed by atoms with Crippen molar-refractivity contribution in [3.05, 3.63) is 54.2 Å². The second-order valence-electron chi connectivity index (χ2n) is 6.92. The lowest BCUT2D eigenvalue weighted by Crippen LogP contribution is -2.36. The minimum absolute atomic E-state index is 0. The molecule has 0 atom stereocenters. The van der Waals surface area contributed by atoms with Gasteiger partial charge in [0.15, 0.2) is 0 Å². The molecule has 1 aliphatic heterocycles. The van der Waals surface area contributed by atoms with Gasteiger partial charge in [0, 0.05) is 36.0 Å². The Morgan fingerprint density at radius 3 is 2.58 bits per heavy atom. The molecule has 1 saturated heterocycles. The third-order valence-electron chi connectivity index (χ3n) is 5.08. The third kappa shape index (κ3) is 5.00. The Morgan fingerprint density at radius 2 is 1.90 bits per heavy atom. The number of ether oxygens (including phenoxy) is 3. The predicted molar refractivity (Wildman–Crippen MR) is 124 cm³/mol. The second kappa shape index (κ2) is 10.3. The lowest BCUT2D eigenvalue weighted by atomic mass is 10.1. The number of morpholine rings is 1. The molecule has 1 N–H and O–H groups in total. The first kappa shape index (κ1) is 22.7. The number of esters is 1. The quantitative estimate of drug-likeness (QED) is 0.565. The molecule has 2 heterocycles. The van der Waals surface area contributed by atoms with Gasteiger partial charge in [-0.15, -0.1) is 12.4 Å². The number of nitrogens with one attached hydrogen (secondary N) is 1. The zero-order valence-electron chi connectivity index (χ0n) is 17.6. The molecule has 7 nitrogen and oxygen atoms in total. The predicted octanol–water partition coefficient (Wildman–Crippen LogP) is 4.42. The van der Waals surface area contributed by atoms with E-state index in [0.29, 0.717) is 23.6 Å². The van der Waals surface area contributed by atoms with Crippen molar-refractivity contribution in [1.82, 2.24) is 4.98 Å². The zero-order valence-corrected chi connectivity index (χ0v) is 18.4. The van der Waals surface area contributed by atoms with E-state index in [1.54, 1.807) is 20.2 Å². The monoisotopic (exact) mass is 443 g/mol. The van der Waals surface area contributed by atoms with Crippen molar-refractivity contribution in [3.63, 3.8) is 0 Å². The summed E-state index contributed by atoms with van der Waals surface area (Å²) in [5, 5.41) is 4.19. The lowest BCUT2D eigenvalue weighted by Gasteiger charge is -2.29. The molecule has 0 unspecified atom stereocenters. The fourth-order valence-electron chi connectivity index (χ4n) is 3.52. The van der Waals surface area contributed by atoms with Gasteiger partial charge in [-0.1, -0.05) is 0 Å². The van der Waals surface area contributed by atoms with Crippen LogP contribution in [0.1, 0.15) is 17.3 Å². The van der Waals surface area contributed by atoms with Gasteiger partial charge < -0.3 is 24.4 Å². The fourth-order valence-corrected chi connectivity index (χ4v) is 3.52. The molecule has 1 fully saturated rings. The first-order valence-electron chi connectivity index (χ1n) is 10.0. The van der Waals surface area contributed by atoms with Crippen LogP contribution in [0.2, 0.25) is 0 Å². The molecule has 1 aliphatic rings. The van der Waals surface area contributed by atoms with Crippen molar-refractivity contribution in [1.29, 1.82) is 0 Å². The van der Waals surface area contributed by atoms with E-state index in [1.807, 2.05) is 30.3 Å². The maximum Gasteiger partial charge on any atom is 0.341 e. The number of pyridine rings is 1. The van der Waals surface area contributed by atoms with Crippen molar-refractivity contribution < 1.29 is 19.0 Å². The van der Waals surface area contributed by atoms with Crippen LogP contribution in [0.25, 0.3) is 10.9 Å². The minimum Gasteiger partial charge on any atom is -0.497 e. The zero-order chi connectivity index (χ0) is 20.9. The van der Waals surface area contributed by atoms with Crippen LogP contribution in [0, 0.1) is 0 Å². The van der Waals surface area contributed by atoms with Crippen LogP contribution >= 0.6 is 12.4 Å². The Hall–Kier alpha value is -3.03. The number of rotatable bonds is 6. The molecule has 164 valence electrons. The van der Waals surface area contributed by atoms with Gasteiger partial charge in [-0.05, 0) is 49.4 Å². The summed E-state index contributed by atoms with van der Waals surface area (Å²) in [5.41, 5.74) is 3.81. The van der Waals surface area contributed by atoms with E-state index in [1.165, 1.54) is 0 Å². The highest BCUT2D eigenvalue weighted by Gasteiger charge is 2.18. The van der Waals surface area contributed by atoms with E-state index in [4.69, 9.17) is 14.2 Å². The first-order chi connectivity index (χ1) is 14.7. The van der Waals surface area contributed by atoms with Crippen LogP contribution in [-0.2, 0) is 9.47 Å². The van der Waals surface area contributed by atoms with E-state index in [0.717, 1.165) is 48.6 Å². The molecule has 1 aromatic heterocycles. The van der Waals surface area contributed by atoms with Crippen LogP contribution in [0.5, 0.6) is 5.75 Å². The van der Waals surface area contributed by atoms with Gasteiger partial charge in [0.25, 0.3) is 0 Å². The summed E-state index contributed by atoms with van der Waals surface area (Å²) in [4.78, 5) is 19.3. The topological polar surface area (TPSA) is 72.9 Å². The van der Waals surface area contributed by atoms with Crippen molar-refractivity contribution in [3.8, 4) is 5.75 Å². The van der Waals surface area contributed by atoms with Crippen molar-refractivity contribution in [2.75, 3.05) is 50.2 Å². The minimum atomic E-state index is -0.415. The van der Waals surface area contributed by atoms with Gasteiger partial charge in [0.05, 0.1) is 38.1 Å². The number of carbonyl (C=O) groups excluding carboxylic acids is 1. The van der Waals surface area contributed by atoms with Gasteiger partial charge in [-0.25, -0.2) is 4.79 Å². The second-order valence-corrected chi connectivity index (χ2v) is 6.92. The highest BCUT2D eigenvalue weighted by molar-refractivity contribution is 6.06. The molecular formula is C23H26ClN3O4. The molecule has 0 spiro atoms. The van der Waals surface area contributed by atoms with Gasteiger partial charge in [0.1, 0.15) is 11.3 Å². The van der Waals surface area contributed by atoms with Crippen LogP contribution in [-0.4, -0.2) is 51.0 Å². The highest BCUT2D eigenvalue weighted by atomic mass is 35.5. The number of nitrogens with zero attached hydrogens (tertiary/aromatic N) is 2. The molecule has 4 rings (SSSR count). The average molecular weight is 444 g/mol. The number of carbonyl (C=O) groups is 1. The SMILES string of the molecule is CCOC(=O)c1cnc2ccc(OC)cc2c1Nc1ccc(N2CCOCC2)cc1.Cl. The number of benzene rings is 2. The van der Waals surface area contributed by atoms with E-state index < -0.39 is 5.97 Å². The van der Waals surface area contributed by atoms with Gasteiger partial charge in [-0.3, -0.25) is 4.98 Å². The number of hydrogen-bond acceptors (Lipinski definition) is 7. The maximum absolute atomic E-state index is 12.6. The Morgan fingerprint density at radius 1 is 1.16 bits per heavy atom. The largest absolute Gasteiger partial charge is 0.497 e. The summed E-state index contributed by atoms with van der Waals surface area (Å²) in [6.07, 6.45) is 1.55. The third-order valence-corrected chi connectivity index (χ3v) is 5.08. The molecule has 0 aliphatic carbocycles. The number of hydrogen-bond donors (Lipinski definition) is 1. The number of halogens is 1. The standard InChI is InChI=1S/C23H25N3O4.ClH/c1-3-30-23(27)20-15-24-21-9-8-18(28-2)14-19(21)22(20)25-16-4-6-17(7-5-16)26-10-12-29-13-11-26;/h4-9,14-15H,3,10-13H2,1-2H3,(H,24,25);1H. The van der Waals surface area contributed by atoms with Crippen LogP contribution in [0.3, 0.4) is 0 Å². The Bertz CT molecular complexity index is 1040. The van der Waals surface area contributed by atoms with Crippen LogP contribution in [0.4, 0.5) is 17.1 Å². The molecular weight excluding hydrogens is 418 g/mol. The number of methoxy groups -OCH3 is 1. The number of anilines is 3. The number of aromatic nitrogens is 1. The maximum atomic E-state index is 12.6. The molecule has 3 aromatic rings. The fraction of sp³-hybridized carbons (Fsp3) is 0.304. The lowest BCUT2D eigenvalue weighted by molar-refractivity contribution is 0.0527. The number of fused-ring (bicyclic) bond motifs is 1. The molecule has 0 radical (unpaired) electrons. The van der Waals surface area contributed by atoms with E-state index in [9.17, 15) is 4.79 Å². The molecule has 8 heteroatoms. The molecule has 0 bridgehead atoms. The Labute approximate surface area is 187 Å². The van der Waals surface area contributed by atoms with Gasteiger partial charge in [-0.2, -0.15) is 0 Å². The highest BCUT2D eigenvalue weighted by Crippen LogP contribution is 2.32. The van der Waals surface area contributed by atoms with Crippen LogP contribution < -0.4 is 15.0 Å². The first-order valence-corrected chi connectivity index (χ1v) is 10.0. The van der Waals surface area contributed by atoms with Gasteiger partial charge >= 0.3 is 5.97 Å². The van der Waals surface area contributed by atoms with Crippen LogP contribution in [0.15, 0.2) is 48.7 Å². The normalized spacial score (nSPS) is 13.4. The summed E-state index contributed by atoms with van der Waals surface area (Å²) in [7, 11) is 1.61. The smallest absolute Gasteiger partial charge is 0.341 e. The summed E-state index contributed by atoms with van der Waals surface area (Å²) < 4.78 is 16.0. The van der Waals surface area contributed by atoms with E-state index >= 15 is 0 Å². The Kier molecular flexibility index (Phi) is 7.55. The molecule has 0 saturated carbocycles. The summed E-state index contributed by atoms with van der Waals surface area (Å²) in [5.74, 6) is 0.276.